The molecule has 0 aliphatic heterocycles. The summed E-state index contributed by atoms with van der Waals surface area (Å²) in [5.41, 5.74) is 9.29. The van der Waals surface area contributed by atoms with Crippen LogP contribution in [0.5, 0.6) is 0 Å². The number of carboxylic acid groups (broad SMARTS) is 1. The summed E-state index contributed by atoms with van der Waals surface area (Å²) in [6.45, 7) is 6.10. The van der Waals surface area contributed by atoms with Crippen LogP contribution in [-0.2, 0) is 23.1 Å². The minimum Gasteiger partial charge on any atom is -0.481 e. The molecule has 1 aliphatic rings. The van der Waals surface area contributed by atoms with Crippen molar-refractivity contribution in [2.24, 2.45) is 5.92 Å². The summed E-state index contributed by atoms with van der Waals surface area (Å²) in [6, 6.07) is 2.15. The van der Waals surface area contributed by atoms with Crippen molar-refractivity contribution in [1.29, 1.82) is 5.26 Å². The van der Waals surface area contributed by atoms with Crippen LogP contribution in [0, 0.1) is 17.2 Å². The Hall–Kier alpha value is -3.01. The Morgan fingerprint density at radius 2 is 2.04 bits per heavy atom. The monoisotopic (exact) mass is 365 g/mol. The van der Waals surface area contributed by atoms with Gasteiger partial charge in [-0.15, -0.1) is 0 Å². The maximum absolute atomic E-state index is 11.1. The fraction of sp³-hybridized carbons (Fsp3) is 0.450. The number of carboxylic acids is 1. The zero-order valence-electron chi connectivity index (χ0n) is 15.8. The van der Waals surface area contributed by atoms with Crippen LogP contribution in [0.2, 0.25) is 0 Å². The van der Waals surface area contributed by atoms with Crippen molar-refractivity contribution < 1.29 is 9.90 Å². The van der Waals surface area contributed by atoms with Crippen molar-refractivity contribution in [1.82, 2.24) is 15.0 Å². The van der Waals surface area contributed by atoms with Crippen molar-refractivity contribution in [3.05, 3.63) is 35.0 Å². The molecule has 3 N–H and O–H groups in total. The van der Waals surface area contributed by atoms with E-state index in [4.69, 9.17) is 10.8 Å². The number of fused-ring (bicyclic) bond motifs is 1. The molecule has 2 heterocycles. The molecule has 0 amide bonds. The van der Waals surface area contributed by atoms with Gasteiger partial charge in [-0.05, 0) is 30.7 Å². The molecule has 0 spiro atoms. The van der Waals surface area contributed by atoms with Crippen LogP contribution in [0.25, 0.3) is 11.1 Å². The van der Waals surface area contributed by atoms with Crippen molar-refractivity contribution >= 4 is 11.8 Å². The topological polar surface area (TPSA) is 126 Å². The Bertz CT molecular complexity index is 923. The maximum atomic E-state index is 11.1. The second-order valence-electron chi connectivity index (χ2n) is 8.04. The number of rotatable bonds is 3. The van der Waals surface area contributed by atoms with Crippen LogP contribution < -0.4 is 5.73 Å². The van der Waals surface area contributed by atoms with Crippen LogP contribution >= 0.6 is 0 Å². The summed E-state index contributed by atoms with van der Waals surface area (Å²) in [6.07, 6.45) is 5.48. The van der Waals surface area contributed by atoms with Crippen LogP contribution in [0.3, 0.4) is 0 Å². The number of nitriles is 1. The number of hydrogen-bond acceptors (Lipinski definition) is 6. The first-order valence-corrected chi connectivity index (χ1v) is 8.96. The third-order valence-corrected chi connectivity index (χ3v) is 4.88. The SMILES string of the molecule is CC(C)(C)c1ncc(-c2c(C#N)c(N)nc3c2CC(CC(=O)O)CC3)cn1. The third kappa shape index (κ3) is 3.75. The van der Waals surface area contributed by atoms with Gasteiger partial charge in [-0.3, -0.25) is 4.79 Å². The van der Waals surface area contributed by atoms with E-state index in [1.165, 1.54) is 0 Å². The molecule has 1 atom stereocenters. The van der Waals surface area contributed by atoms with E-state index in [0.29, 0.717) is 35.4 Å². The summed E-state index contributed by atoms with van der Waals surface area (Å²) in [5.74, 6) is 0.111. The third-order valence-electron chi connectivity index (χ3n) is 4.88. The van der Waals surface area contributed by atoms with Crippen LogP contribution in [0.1, 0.15) is 56.3 Å². The smallest absolute Gasteiger partial charge is 0.303 e. The first-order valence-electron chi connectivity index (χ1n) is 8.96. The lowest BCUT2D eigenvalue weighted by Gasteiger charge is -2.26. The first-order chi connectivity index (χ1) is 12.7. The van der Waals surface area contributed by atoms with E-state index in [9.17, 15) is 10.1 Å². The minimum absolute atomic E-state index is 0.0143. The zero-order valence-corrected chi connectivity index (χ0v) is 15.8. The van der Waals surface area contributed by atoms with Crippen molar-refractivity contribution in [3.63, 3.8) is 0 Å². The van der Waals surface area contributed by atoms with E-state index >= 15 is 0 Å². The van der Waals surface area contributed by atoms with E-state index in [-0.39, 0.29) is 23.6 Å². The number of pyridine rings is 1. The molecule has 0 aromatic carbocycles. The number of nitrogens with zero attached hydrogens (tertiary/aromatic N) is 4. The molecule has 3 rings (SSSR count). The highest BCUT2D eigenvalue weighted by atomic mass is 16.4. The fourth-order valence-corrected chi connectivity index (χ4v) is 3.55. The van der Waals surface area contributed by atoms with E-state index in [1.54, 1.807) is 12.4 Å². The quantitative estimate of drug-likeness (QED) is 0.856. The van der Waals surface area contributed by atoms with Gasteiger partial charge >= 0.3 is 5.97 Å². The summed E-state index contributed by atoms with van der Waals surface area (Å²) in [5, 5.41) is 18.8. The molecule has 0 fully saturated rings. The van der Waals surface area contributed by atoms with Crippen molar-refractivity contribution in [2.75, 3.05) is 5.73 Å². The number of hydrogen-bond donors (Lipinski definition) is 2. The van der Waals surface area contributed by atoms with Gasteiger partial charge in [0.05, 0.1) is 0 Å². The lowest BCUT2D eigenvalue weighted by atomic mass is 9.80. The molecule has 1 unspecified atom stereocenters. The van der Waals surface area contributed by atoms with Gasteiger partial charge in [0, 0.05) is 41.1 Å². The second kappa shape index (κ2) is 6.95. The molecule has 7 nitrogen and oxygen atoms in total. The van der Waals surface area contributed by atoms with Gasteiger partial charge in [-0.25, -0.2) is 15.0 Å². The second-order valence-corrected chi connectivity index (χ2v) is 8.04. The summed E-state index contributed by atoms with van der Waals surface area (Å²) in [4.78, 5) is 24.5. The number of aryl methyl sites for hydroxylation is 1. The zero-order chi connectivity index (χ0) is 19.8. The largest absolute Gasteiger partial charge is 0.481 e. The van der Waals surface area contributed by atoms with Gasteiger partial charge < -0.3 is 10.8 Å². The van der Waals surface area contributed by atoms with Crippen LogP contribution in [-0.4, -0.2) is 26.0 Å². The highest BCUT2D eigenvalue weighted by Crippen LogP contribution is 2.38. The highest BCUT2D eigenvalue weighted by Gasteiger charge is 2.28. The highest BCUT2D eigenvalue weighted by molar-refractivity contribution is 5.78. The molecule has 0 radical (unpaired) electrons. The predicted octanol–water partition coefficient (Wildman–Crippen LogP) is 2.87. The molecular formula is C20H23N5O2. The lowest BCUT2D eigenvalue weighted by Crippen LogP contribution is -2.21. The van der Waals surface area contributed by atoms with E-state index < -0.39 is 5.97 Å². The predicted molar refractivity (Wildman–Crippen MR) is 101 cm³/mol. The molecule has 1 aliphatic carbocycles. The molecule has 140 valence electrons. The van der Waals surface area contributed by atoms with Gasteiger partial charge in [0.25, 0.3) is 0 Å². The maximum Gasteiger partial charge on any atom is 0.303 e. The van der Waals surface area contributed by atoms with Gasteiger partial charge in [-0.1, -0.05) is 20.8 Å². The molecule has 0 bridgehead atoms. The van der Waals surface area contributed by atoms with E-state index in [0.717, 1.165) is 17.7 Å². The molecule has 0 saturated heterocycles. The van der Waals surface area contributed by atoms with Gasteiger partial charge in [0.1, 0.15) is 23.3 Å². The number of nitrogens with two attached hydrogens (primary N) is 1. The Kier molecular flexibility index (Phi) is 4.83. The Labute approximate surface area is 158 Å². The Morgan fingerprint density at radius 3 is 2.59 bits per heavy atom. The molecule has 2 aromatic rings. The molecular weight excluding hydrogens is 342 g/mol. The van der Waals surface area contributed by atoms with Crippen molar-refractivity contribution in [2.45, 2.75) is 51.9 Å². The Morgan fingerprint density at radius 1 is 1.37 bits per heavy atom. The number of carbonyl (C=O) groups is 1. The summed E-state index contributed by atoms with van der Waals surface area (Å²) in [7, 11) is 0. The average molecular weight is 365 g/mol. The Balaban J connectivity index is 2.13. The van der Waals surface area contributed by atoms with Gasteiger partial charge in [0.2, 0.25) is 0 Å². The fourth-order valence-electron chi connectivity index (χ4n) is 3.55. The molecule has 2 aromatic heterocycles. The number of nitrogen functional groups attached to an aromatic ring is 1. The van der Waals surface area contributed by atoms with E-state index in [1.807, 2.05) is 20.8 Å². The first kappa shape index (κ1) is 18.8. The van der Waals surface area contributed by atoms with Crippen LogP contribution in [0.4, 0.5) is 5.82 Å². The summed E-state index contributed by atoms with van der Waals surface area (Å²) >= 11 is 0. The lowest BCUT2D eigenvalue weighted by molar-refractivity contribution is -0.138. The molecule has 27 heavy (non-hydrogen) atoms. The van der Waals surface area contributed by atoms with Gasteiger partial charge in [0.15, 0.2) is 0 Å². The summed E-state index contributed by atoms with van der Waals surface area (Å²) < 4.78 is 0. The number of aliphatic carboxylic acids is 1. The van der Waals surface area contributed by atoms with Gasteiger partial charge in [-0.2, -0.15) is 5.26 Å². The number of anilines is 1. The van der Waals surface area contributed by atoms with Crippen LogP contribution in [0.15, 0.2) is 12.4 Å². The number of aromatic nitrogens is 3. The molecule has 7 heteroatoms. The average Bonchev–Trinajstić information content (AvgIpc) is 2.60. The van der Waals surface area contributed by atoms with Crippen molar-refractivity contribution in [3.8, 4) is 17.2 Å². The van der Waals surface area contributed by atoms with E-state index in [2.05, 4.69) is 21.0 Å². The normalized spacial score (nSPS) is 16.4. The minimum atomic E-state index is -0.813. The standard InChI is InChI=1S/C20H23N5O2/c1-20(2,3)19-23-9-12(10-24-19)17-13-6-11(7-16(26)27)4-5-15(13)25-18(22)14(17)8-21/h9-11H,4-7H2,1-3H3,(H2,22,25)(H,26,27). The molecule has 0 saturated carbocycles.